The molecular formula is C14H16ClN3O3. The van der Waals surface area contributed by atoms with Gasteiger partial charge in [-0.15, -0.1) is 12.4 Å². The van der Waals surface area contributed by atoms with E-state index in [2.05, 4.69) is 10.1 Å². The largest absolute Gasteiger partial charge is 0.411 e. The average Bonchev–Trinajstić information content (AvgIpc) is 2.48. The first-order valence-electron chi connectivity index (χ1n) is 6.62. The Kier molecular flexibility index (Phi) is 4.47. The molecule has 3 aliphatic rings. The third-order valence-corrected chi connectivity index (χ3v) is 3.98. The lowest BCUT2D eigenvalue weighted by Crippen LogP contribution is -2.46. The van der Waals surface area contributed by atoms with Crippen molar-refractivity contribution in [2.75, 3.05) is 13.1 Å². The minimum absolute atomic E-state index is 0. The summed E-state index contributed by atoms with van der Waals surface area (Å²) in [6, 6.07) is 6.48. The van der Waals surface area contributed by atoms with Crippen molar-refractivity contribution in [1.29, 1.82) is 0 Å². The second-order valence-electron chi connectivity index (χ2n) is 5.13. The molecule has 7 heteroatoms. The van der Waals surface area contributed by atoms with E-state index in [1.807, 2.05) is 12.1 Å². The maximum atomic E-state index is 10.8. The number of hydrogen-bond donors (Lipinski definition) is 1. The molecule has 0 unspecified atom stereocenters. The first kappa shape index (κ1) is 15.3. The van der Waals surface area contributed by atoms with Gasteiger partial charge in [-0.05, 0) is 24.5 Å². The van der Waals surface area contributed by atoms with E-state index in [4.69, 9.17) is 0 Å². The molecule has 21 heavy (non-hydrogen) atoms. The lowest BCUT2D eigenvalue weighted by molar-refractivity contribution is -0.384. The molecule has 1 N–H and O–H groups in total. The predicted octanol–water partition coefficient (Wildman–Crippen LogP) is 2.91. The van der Waals surface area contributed by atoms with Crippen LogP contribution in [0.15, 0.2) is 35.1 Å². The highest BCUT2D eigenvalue weighted by Gasteiger charge is 2.35. The van der Waals surface area contributed by atoms with Crippen LogP contribution in [0.4, 0.5) is 5.69 Å². The van der Waals surface area contributed by atoms with E-state index in [1.165, 1.54) is 12.1 Å². The lowest BCUT2D eigenvalue weighted by Gasteiger charge is -2.42. The standard InChI is InChI=1S/C14H15N3O3.ClH/c18-15-14-11-4-6-16(7-5-11)13(14)9-10-2-1-3-12(8-10)17(19)20;/h1-3,8-9,11,18H,4-7H2;1H/b13-9+,15-14+;. The van der Waals surface area contributed by atoms with Crippen molar-refractivity contribution in [1.82, 2.24) is 4.90 Å². The Hall–Kier alpha value is -2.08. The molecule has 3 heterocycles. The van der Waals surface area contributed by atoms with Crippen LogP contribution >= 0.6 is 12.4 Å². The lowest BCUT2D eigenvalue weighted by atomic mass is 9.83. The molecule has 2 bridgehead atoms. The summed E-state index contributed by atoms with van der Waals surface area (Å²) < 4.78 is 0. The second-order valence-corrected chi connectivity index (χ2v) is 5.13. The Morgan fingerprint density at radius 1 is 1.38 bits per heavy atom. The monoisotopic (exact) mass is 309 g/mol. The van der Waals surface area contributed by atoms with E-state index in [-0.39, 0.29) is 18.1 Å². The normalized spacial score (nSPS) is 21.6. The summed E-state index contributed by atoms with van der Waals surface area (Å²) in [5.74, 6) is 0.301. The van der Waals surface area contributed by atoms with E-state index in [9.17, 15) is 15.3 Å². The summed E-state index contributed by atoms with van der Waals surface area (Å²) >= 11 is 0. The zero-order valence-electron chi connectivity index (χ0n) is 11.3. The van der Waals surface area contributed by atoms with Gasteiger partial charge in [-0.1, -0.05) is 17.3 Å². The number of fused-ring (bicyclic) bond motifs is 3. The highest BCUT2D eigenvalue weighted by Crippen LogP contribution is 2.33. The Labute approximate surface area is 128 Å². The molecule has 0 spiro atoms. The number of piperidine rings is 3. The quantitative estimate of drug-likeness (QED) is 0.517. The summed E-state index contributed by atoms with van der Waals surface area (Å²) in [7, 11) is 0. The van der Waals surface area contributed by atoms with E-state index in [0.717, 1.165) is 37.2 Å². The van der Waals surface area contributed by atoms with Crippen molar-refractivity contribution in [3.63, 3.8) is 0 Å². The van der Waals surface area contributed by atoms with E-state index >= 15 is 0 Å². The molecule has 6 nitrogen and oxygen atoms in total. The Balaban J connectivity index is 0.00000161. The summed E-state index contributed by atoms with van der Waals surface area (Å²) in [5.41, 5.74) is 2.41. The third-order valence-electron chi connectivity index (χ3n) is 3.98. The number of nitro groups is 1. The molecule has 3 fully saturated rings. The van der Waals surface area contributed by atoms with Gasteiger partial charge in [0.2, 0.25) is 0 Å². The van der Waals surface area contributed by atoms with E-state index < -0.39 is 4.92 Å². The van der Waals surface area contributed by atoms with Gasteiger partial charge in [-0.3, -0.25) is 10.1 Å². The highest BCUT2D eigenvalue weighted by molar-refractivity contribution is 6.05. The number of nitrogens with zero attached hydrogens (tertiary/aromatic N) is 3. The van der Waals surface area contributed by atoms with Crippen LogP contribution in [-0.2, 0) is 0 Å². The molecule has 3 saturated heterocycles. The number of benzene rings is 1. The first-order chi connectivity index (χ1) is 9.69. The summed E-state index contributed by atoms with van der Waals surface area (Å²) in [6.45, 7) is 1.90. The number of oxime groups is 1. The van der Waals surface area contributed by atoms with Gasteiger partial charge in [0.1, 0.15) is 5.71 Å². The molecule has 1 aromatic carbocycles. The molecule has 0 atom stereocenters. The van der Waals surface area contributed by atoms with Crippen molar-refractivity contribution >= 4 is 29.9 Å². The molecule has 4 rings (SSSR count). The fraction of sp³-hybridized carbons (Fsp3) is 0.357. The molecule has 1 aromatic rings. The van der Waals surface area contributed by atoms with Crippen molar-refractivity contribution in [2.45, 2.75) is 12.8 Å². The molecule has 0 aromatic heterocycles. The molecule has 112 valence electrons. The Morgan fingerprint density at radius 2 is 2.10 bits per heavy atom. The number of hydrogen-bond acceptors (Lipinski definition) is 5. The fourth-order valence-corrected chi connectivity index (χ4v) is 2.95. The molecule has 0 saturated carbocycles. The Bertz CT molecular complexity index is 607. The van der Waals surface area contributed by atoms with Gasteiger partial charge in [0, 0.05) is 31.1 Å². The molecular weight excluding hydrogens is 294 g/mol. The van der Waals surface area contributed by atoms with Crippen molar-refractivity contribution < 1.29 is 10.1 Å². The maximum Gasteiger partial charge on any atom is 0.270 e. The number of rotatable bonds is 2. The molecule has 3 aliphatic heterocycles. The number of nitro benzene ring substituents is 1. The smallest absolute Gasteiger partial charge is 0.270 e. The fourth-order valence-electron chi connectivity index (χ4n) is 2.95. The highest BCUT2D eigenvalue weighted by atomic mass is 35.5. The van der Waals surface area contributed by atoms with Crippen LogP contribution < -0.4 is 0 Å². The van der Waals surface area contributed by atoms with Crippen LogP contribution in [0, 0.1) is 16.0 Å². The van der Waals surface area contributed by atoms with Crippen LogP contribution in [0.2, 0.25) is 0 Å². The van der Waals surface area contributed by atoms with Gasteiger partial charge in [0.15, 0.2) is 0 Å². The SMILES string of the molecule is Cl.O=[N+]([O-])c1cccc(/C=C2\C(=N\O)C3CCN2CC3)c1. The number of halogens is 1. The van der Waals surface area contributed by atoms with E-state index in [0.29, 0.717) is 11.6 Å². The van der Waals surface area contributed by atoms with Crippen molar-refractivity contribution in [2.24, 2.45) is 11.1 Å². The topological polar surface area (TPSA) is 79.0 Å². The van der Waals surface area contributed by atoms with Gasteiger partial charge in [0.05, 0.1) is 10.6 Å². The van der Waals surface area contributed by atoms with Crippen LogP contribution in [0.5, 0.6) is 0 Å². The van der Waals surface area contributed by atoms with E-state index in [1.54, 1.807) is 6.07 Å². The average molecular weight is 310 g/mol. The zero-order chi connectivity index (χ0) is 14.1. The van der Waals surface area contributed by atoms with Gasteiger partial charge in [-0.2, -0.15) is 0 Å². The van der Waals surface area contributed by atoms with Gasteiger partial charge < -0.3 is 10.1 Å². The predicted molar refractivity (Wildman–Crippen MR) is 81.8 cm³/mol. The first-order valence-corrected chi connectivity index (χ1v) is 6.62. The van der Waals surface area contributed by atoms with Gasteiger partial charge in [-0.25, -0.2) is 0 Å². The second kappa shape index (κ2) is 6.13. The summed E-state index contributed by atoms with van der Waals surface area (Å²) in [4.78, 5) is 12.6. The van der Waals surface area contributed by atoms with Gasteiger partial charge >= 0.3 is 0 Å². The van der Waals surface area contributed by atoms with Crippen LogP contribution in [0.25, 0.3) is 6.08 Å². The minimum Gasteiger partial charge on any atom is -0.411 e. The van der Waals surface area contributed by atoms with Crippen LogP contribution in [0.1, 0.15) is 18.4 Å². The number of non-ortho nitro benzene ring substituents is 1. The summed E-state index contributed by atoms with van der Waals surface area (Å²) in [5, 5.41) is 23.5. The minimum atomic E-state index is -0.406. The van der Waals surface area contributed by atoms with Crippen LogP contribution in [-0.4, -0.2) is 33.8 Å². The third kappa shape index (κ3) is 2.85. The van der Waals surface area contributed by atoms with Crippen molar-refractivity contribution in [3.8, 4) is 0 Å². The zero-order valence-corrected chi connectivity index (χ0v) is 12.1. The Morgan fingerprint density at radius 3 is 2.71 bits per heavy atom. The van der Waals surface area contributed by atoms with Crippen molar-refractivity contribution in [3.05, 3.63) is 45.6 Å². The molecule has 0 amide bonds. The number of allylic oxidation sites excluding steroid dienone is 1. The molecule has 0 aliphatic carbocycles. The molecule has 0 radical (unpaired) electrons. The summed E-state index contributed by atoms with van der Waals surface area (Å²) in [6.07, 6.45) is 3.88. The van der Waals surface area contributed by atoms with Gasteiger partial charge in [0.25, 0.3) is 5.69 Å². The van der Waals surface area contributed by atoms with Crippen LogP contribution in [0.3, 0.4) is 0 Å². The maximum absolute atomic E-state index is 10.8.